The van der Waals surface area contributed by atoms with Crippen LogP contribution in [0, 0.1) is 5.41 Å². The van der Waals surface area contributed by atoms with Crippen molar-refractivity contribution in [3.8, 4) is 0 Å². The fourth-order valence-corrected chi connectivity index (χ4v) is 1.65. The normalized spacial score (nSPS) is 17.3. The first kappa shape index (κ1) is 12.8. The number of carbonyl (C=O) groups is 2. The molecule has 0 saturated heterocycles. The molecule has 0 unspecified atom stereocenters. The molecule has 6 heteroatoms. The van der Waals surface area contributed by atoms with Crippen molar-refractivity contribution in [3.05, 3.63) is 0 Å². The second kappa shape index (κ2) is 5.69. The smallest absolute Gasteiger partial charge is 0.314 e. The zero-order valence-electron chi connectivity index (χ0n) is 9.41. The Kier molecular flexibility index (Phi) is 4.54. The number of rotatable bonds is 6. The summed E-state index contributed by atoms with van der Waals surface area (Å²) in [4.78, 5) is 22.2. The summed E-state index contributed by atoms with van der Waals surface area (Å²) < 4.78 is 4.77. The molecule has 0 radical (unpaired) electrons. The van der Waals surface area contributed by atoms with Crippen LogP contribution < -0.4 is 10.6 Å². The van der Waals surface area contributed by atoms with Gasteiger partial charge in [-0.2, -0.15) is 0 Å². The Hall–Kier alpha value is -1.30. The van der Waals surface area contributed by atoms with Crippen LogP contribution in [0.4, 0.5) is 4.79 Å². The summed E-state index contributed by atoms with van der Waals surface area (Å²) in [6, 6.07) is -0.343. The van der Waals surface area contributed by atoms with Crippen molar-refractivity contribution in [1.82, 2.24) is 10.6 Å². The summed E-state index contributed by atoms with van der Waals surface area (Å²) in [5.41, 5.74) is -0.738. The van der Waals surface area contributed by atoms with Gasteiger partial charge < -0.3 is 20.5 Å². The van der Waals surface area contributed by atoms with Crippen molar-refractivity contribution in [2.75, 3.05) is 26.8 Å². The molecular weight excluding hydrogens is 212 g/mol. The Labute approximate surface area is 94.3 Å². The fourth-order valence-electron chi connectivity index (χ4n) is 1.65. The number of hydrogen-bond acceptors (Lipinski definition) is 3. The van der Waals surface area contributed by atoms with Crippen LogP contribution in [0.25, 0.3) is 0 Å². The Morgan fingerprint density at radius 2 is 2.06 bits per heavy atom. The molecule has 0 aromatic heterocycles. The van der Waals surface area contributed by atoms with E-state index in [1.165, 1.54) is 0 Å². The molecular formula is C10H18N2O4. The molecule has 1 aliphatic rings. The van der Waals surface area contributed by atoms with Gasteiger partial charge in [0, 0.05) is 20.2 Å². The highest BCUT2D eigenvalue weighted by molar-refractivity contribution is 5.78. The highest BCUT2D eigenvalue weighted by atomic mass is 16.5. The molecule has 16 heavy (non-hydrogen) atoms. The van der Waals surface area contributed by atoms with Crippen LogP contribution in [-0.2, 0) is 9.53 Å². The van der Waals surface area contributed by atoms with E-state index in [0.717, 1.165) is 6.42 Å². The van der Waals surface area contributed by atoms with E-state index in [1.54, 1.807) is 7.11 Å². The lowest BCUT2D eigenvalue weighted by molar-refractivity contribution is -0.153. The van der Waals surface area contributed by atoms with Gasteiger partial charge in [-0.1, -0.05) is 6.42 Å². The zero-order chi connectivity index (χ0) is 12.0. The standard InChI is InChI=1S/C10H18N2O4/c1-16-6-5-11-9(15)12-7-10(8(13)14)3-2-4-10/h2-7H2,1H3,(H,13,14)(H2,11,12,15). The Morgan fingerprint density at radius 1 is 1.38 bits per heavy atom. The summed E-state index contributed by atoms with van der Waals surface area (Å²) in [5.74, 6) is -0.823. The number of aliphatic carboxylic acids is 1. The van der Waals surface area contributed by atoms with E-state index in [1.807, 2.05) is 0 Å². The van der Waals surface area contributed by atoms with Crippen molar-refractivity contribution in [2.45, 2.75) is 19.3 Å². The van der Waals surface area contributed by atoms with Gasteiger partial charge >= 0.3 is 12.0 Å². The van der Waals surface area contributed by atoms with Gasteiger partial charge in [0.25, 0.3) is 0 Å². The maximum atomic E-state index is 11.3. The Bertz CT molecular complexity index is 264. The minimum atomic E-state index is -0.823. The molecule has 6 nitrogen and oxygen atoms in total. The van der Waals surface area contributed by atoms with Gasteiger partial charge in [-0.05, 0) is 12.8 Å². The summed E-state index contributed by atoms with van der Waals surface area (Å²) in [6.45, 7) is 1.06. The van der Waals surface area contributed by atoms with Gasteiger partial charge in [0.1, 0.15) is 0 Å². The number of carboxylic acid groups (broad SMARTS) is 1. The lowest BCUT2D eigenvalue weighted by Crippen LogP contribution is -2.50. The molecule has 0 aromatic carbocycles. The maximum absolute atomic E-state index is 11.3. The van der Waals surface area contributed by atoms with Crippen LogP contribution in [-0.4, -0.2) is 43.9 Å². The number of amides is 2. The number of hydrogen-bond donors (Lipinski definition) is 3. The van der Waals surface area contributed by atoms with Gasteiger partial charge in [-0.25, -0.2) is 4.79 Å². The van der Waals surface area contributed by atoms with Crippen LogP contribution in [0.2, 0.25) is 0 Å². The Morgan fingerprint density at radius 3 is 2.50 bits per heavy atom. The molecule has 1 rings (SSSR count). The molecule has 3 N–H and O–H groups in total. The quantitative estimate of drug-likeness (QED) is 0.568. The lowest BCUT2D eigenvalue weighted by atomic mass is 9.69. The summed E-state index contributed by atoms with van der Waals surface area (Å²) in [7, 11) is 1.55. The second-order valence-corrected chi connectivity index (χ2v) is 4.04. The molecule has 1 aliphatic carbocycles. The van der Waals surface area contributed by atoms with E-state index in [2.05, 4.69) is 10.6 Å². The maximum Gasteiger partial charge on any atom is 0.314 e. The number of urea groups is 1. The fraction of sp³-hybridized carbons (Fsp3) is 0.800. The van der Waals surface area contributed by atoms with Crippen LogP contribution in [0.5, 0.6) is 0 Å². The van der Waals surface area contributed by atoms with Gasteiger partial charge in [0.05, 0.1) is 12.0 Å². The third-order valence-corrected chi connectivity index (χ3v) is 2.94. The van der Waals surface area contributed by atoms with Crippen molar-refractivity contribution in [1.29, 1.82) is 0 Å². The average molecular weight is 230 g/mol. The van der Waals surface area contributed by atoms with E-state index < -0.39 is 11.4 Å². The second-order valence-electron chi connectivity index (χ2n) is 4.04. The minimum Gasteiger partial charge on any atom is -0.481 e. The van der Waals surface area contributed by atoms with Crippen molar-refractivity contribution < 1.29 is 19.4 Å². The largest absolute Gasteiger partial charge is 0.481 e. The number of carbonyl (C=O) groups excluding carboxylic acids is 1. The van der Waals surface area contributed by atoms with E-state index in [-0.39, 0.29) is 12.6 Å². The zero-order valence-corrected chi connectivity index (χ0v) is 9.41. The Balaban J connectivity index is 2.22. The van der Waals surface area contributed by atoms with Crippen molar-refractivity contribution in [3.63, 3.8) is 0 Å². The highest BCUT2D eigenvalue weighted by Crippen LogP contribution is 2.40. The number of nitrogens with one attached hydrogen (secondary N) is 2. The van der Waals surface area contributed by atoms with E-state index in [0.29, 0.717) is 26.0 Å². The molecule has 0 heterocycles. The number of ether oxygens (including phenoxy) is 1. The summed E-state index contributed by atoms with van der Waals surface area (Å²) >= 11 is 0. The number of carboxylic acids is 1. The minimum absolute atomic E-state index is 0.196. The third-order valence-electron chi connectivity index (χ3n) is 2.94. The summed E-state index contributed by atoms with van der Waals surface area (Å²) in [6.07, 6.45) is 2.20. The predicted octanol–water partition coefficient (Wildman–Crippen LogP) is 0.187. The van der Waals surface area contributed by atoms with Gasteiger partial charge in [-0.15, -0.1) is 0 Å². The monoisotopic (exact) mass is 230 g/mol. The van der Waals surface area contributed by atoms with E-state index in [9.17, 15) is 9.59 Å². The van der Waals surface area contributed by atoms with E-state index in [4.69, 9.17) is 9.84 Å². The molecule has 2 amide bonds. The predicted molar refractivity (Wildman–Crippen MR) is 57.2 cm³/mol. The molecule has 1 fully saturated rings. The first-order valence-electron chi connectivity index (χ1n) is 5.35. The topological polar surface area (TPSA) is 87.7 Å². The molecule has 0 atom stereocenters. The van der Waals surface area contributed by atoms with Gasteiger partial charge in [0.15, 0.2) is 0 Å². The third kappa shape index (κ3) is 3.10. The molecule has 0 aromatic rings. The molecule has 92 valence electrons. The first-order chi connectivity index (χ1) is 7.60. The van der Waals surface area contributed by atoms with E-state index >= 15 is 0 Å². The average Bonchev–Trinajstić information content (AvgIpc) is 2.16. The van der Waals surface area contributed by atoms with Crippen LogP contribution >= 0.6 is 0 Å². The number of methoxy groups -OCH3 is 1. The molecule has 0 spiro atoms. The van der Waals surface area contributed by atoms with Gasteiger partial charge in [0.2, 0.25) is 0 Å². The molecule has 0 bridgehead atoms. The van der Waals surface area contributed by atoms with Crippen molar-refractivity contribution in [2.24, 2.45) is 5.41 Å². The lowest BCUT2D eigenvalue weighted by Gasteiger charge is -2.37. The SMILES string of the molecule is COCCNC(=O)NCC1(C(=O)O)CCC1. The van der Waals surface area contributed by atoms with Crippen LogP contribution in [0.1, 0.15) is 19.3 Å². The molecule has 1 saturated carbocycles. The summed E-state index contributed by atoms with van der Waals surface area (Å²) in [5, 5.41) is 14.2. The molecule has 0 aliphatic heterocycles. The van der Waals surface area contributed by atoms with Gasteiger partial charge in [-0.3, -0.25) is 4.79 Å². The highest BCUT2D eigenvalue weighted by Gasteiger charge is 2.44. The van der Waals surface area contributed by atoms with Crippen LogP contribution in [0.3, 0.4) is 0 Å². The van der Waals surface area contributed by atoms with Crippen LogP contribution in [0.15, 0.2) is 0 Å². The first-order valence-corrected chi connectivity index (χ1v) is 5.35. The van der Waals surface area contributed by atoms with Crippen molar-refractivity contribution >= 4 is 12.0 Å².